The van der Waals surface area contributed by atoms with Gasteiger partial charge in [-0.3, -0.25) is 0 Å². The van der Waals surface area contributed by atoms with Gasteiger partial charge in [0.15, 0.2) is 0 Å². The van der Waals surface area contributed by atoms with Gasteiger partial charge >= 0.3 is 0 Å². The maximum absolute atomic E-state index is 3.76. The van der Waals surface area contributed by atoms with E-state index in [1.54, 1.807) is 0 Å². The second-order valence-electron chi connectivity index (χ2n) is 2.66. The van der Waals surface area contributed by atoms with Crippen LogP contribution in [0, 0.1) is 6.92 Å². The normalized spacial score (nSPS) is 9.17. The minimum absolute atomic E-state index is 1.15. The van der Waals surface area contributed by atoms with Crippen LogP contribution in [-0.2, 0) is 0 Å². The zero-order valence-corrected chi connectivity index (χ0v) is 7.59. The van der Waals surface area contributed by atoms with E-state index < -0.39 is 0 Å². The third-order valence-electron chi connectivity index (χ3n) is 1.90. The molecule has 0 aliphatic heterocycles. The molecule has 0 saturated heterocycles. The number of hydrogen-bond donors (Lipinski definition) is 1. The largest absolute Gasteiger partial charge is 0.432 e. The summed E-state index contributed by atoms with van der Waals surface area (Å²) >= 11 is 0. The fourth-order valence-electron chi connectivity index (χ4n) is 1.19. The second kappa shape index (κ2) is 4.00. The highest BCUT2D eigenvalue weighted by molar-refractivity contribution is 6.38. The van der Waals surface area contributed by atoms with Crippen molar-refractivity contribution < 1.29 is 0 Å². The molecular weight excluding hydrogens is 145 g/mol. The Balaban J connectivity index is 3.04. The molecule has 0 unspecified atom stereocenters. The maximum atomic E-state index is 3.76. The van der Waals surface area contributed by atoms with Gasteiger partial charge in [-0.15, -0.1) is 0 Å². The lowest BCUT2D eigenvalue weighted by molar-refractivity contribution is 1.44. The summed E-state index contributed by atoms with van der Waals surface area (Å²) < 4.78 is 0. The molecule has 1 aromatic rings. The van der Waals surface area contributed by atoms with E-state index in [2.05, 4.69) is 30.9 Å². The Morgan fingerprint density at radius 2 is 2.25 bits per heavy atom. The van der Waals surface area contributed by atoms with Crippen LogP contribution in [-0.4, -0.2) is 7.41 Å². The molecule has 1 aromatic carbocycles. The topological polar surface area (TPSA) is 12.0 Å². The molecule has 0 spiro atoms. The molecule has 0 aromatic heterocycles. The SMILES string of the molecule is C=Cc1cccc(N[B]C)c1C. The lowest BCUT2D eigenvalue weighted by Crippen LogP contribution is -2.02. The zero-order chi connectivity index (χ0) is 8.97. The minimum Gasteiger partial charge on any atom is -0.432 e. The van der Waals surface area contributed by atoms with E-state index in [4.69, 9.17) is 0 Å². The Hall–Kier alpha value is -1.18. The maximum Gasteiger partial charge on any atom is 0.239 e. The smallest absolute Gasteiger partial charge is 0.239 e. The van der Waals surface area contributed by atoms with E-state index >= 15 is 0 Å². The van der Waals surface area contributed by atoms with E-state index in [0.29, 0.717) is 0 Å². The van der Waals surface area contributed by atoms with Crippen molar-refractivity contribution in [3.8, 4) is 0 Å². The Labute approximate surface area is 74.8 Å². The average molecular weight is 158 g/mol. The molecule has 12 heavy (non-hydrogen) atoms. The standard InChI is InChI=1S/C10H13BN/c1-4-9-6-5-7-10(8(9)2)12-11-3/h4-7,12H,1H2,2-3H3. The summed E-state index contributed by atoms with van der Waals surface area (Å²) in [6.45, 7) is 7.81. The van der Waals surface area contributed by atoms with Gasteiger partial charge < -0.3 is 5.23 Å². The molecular formula is C10H13BN. The molecule has 2 heteroatoms. The Bertz CT molecular complexity index is 281. The highest BCUT2D eigenvalue weighted by Crippen LogP contribution is 2.18. The second-order valence-corrected chi connectivity index (χ2v) is 2.66. The van der Waals surface area contributed by atoms with Crippen LogP contribution in [0.5, 0.6) is 0 Å². The molecule has 0 bridgehead atoms. The number of benzene rings is 1. The van der Waals surface area contributed by atoms with Gasteiger partial charge in [0.1, 0.15) is 0 Å². The van der Waals surface area contributed by atoms with E-state index in [1.807, 2.05) is 26.4 Å². The van der Waals surface area contributed by atoms with Crippen LogP contribution < -0.4 is 5.23 Å². The van der Waals surface area contributed by atoms with Crippen molar-refractivity contribution in [3.63, 3.8) is 0 Å². The summed E-state index contributed by atoms with van der Waals surface area (Å²) in [5.41, 5.74) is 3.57. The Morgan fingerprint density at radius 3 is 2.83 bits per heavy atom. The highest BCUT2D eigenvalue weighted by Gasteiger charge is 1.98. The van der Waals surface area contributed by atoms with Crippen LogP contribution >= 0.6 is 0 Å². The van der Waals surface area contributed by atoms with Gasteiger partial charge in [-0.2, -0.15) is 0 Å². The minimum atomic E-state index is 1.15. The third kappa shape index (κ3) is 1.70. The highest BCUT2D eigenvalue weighted by atomic mass is 14.8. The van der Waals surface area contributed by atoms with E-state index in [1.165, 1.54) is 11.1 Å². The molecule has 0 aliphatic carbocycles. The molecule has 0 amide bonds. The first-order chi connectivity index (χ1) is 5.79. The van der Waals surface area contributed by atoms with Gasteiger partial charge in [-0.1, -0.05) is 31.6 Å². The molecule has 0 aliphatic rings. The summed E-state index contributed by atoms with van der Waals surface area (Å²) in [6, 6.07) is 6.14. The van der Waals surface area contributed by atoms with Gasteiger partial charge in [0.2, 0.25) is 7.41 Å². The van der Waals surface area contributed by atoms with Crippen LogP contribution in [0.2, 0.25) is 6.82 Å². The summed E-state index contributed by atoms with van der Waals surface area (Å²) in [5, 5.41) is 3.18. The molecule has 1 radical (unpaired) electrons. The van der Waals surface area contributed by atoms with Gasteiger partial charge in [-0.05, 0) is 24.1 Å². The Kier molecular flexibility index (Phi) is 2.97. The van der Waals surface area contributed by atoms with Gasteiger partial charge in [0.05, 0.1) is 0 Å². The first-order valence-electron chi connectivity index (χ1n) is 4.06. The molecule has 0 atom stereocenters. The molecule has 0 saturated carbocycles. The van der Waals surface area contributed by atoms with Crippen LogP contribution in [0.3, 0.4) is 0 Å². The van der Waals surface area contributed by atoms with E-state index in [9.17, 15) is 0 Å². The van der Waals surface area contributed by atoms with Crippen molar-refractivity contribution in [2.45, 2.75) is 13.7 Å². The molecule has 1 rings (SSSR count). The lowest BCUT2D eigenvalue weighted by atomic mass is 9.97. The van der Waals surface area contributed by atoms with E-state index in [0.717, 1.165) is 5.69 Å². The quantitative estimate of drug-likeness (QED) is 0.666. The van der Waals surface area contributed by atoms with Crippen molar-refractivity contribution in [1.29, 1.82) is 0 Å². The molecule has 61 valence electrons. The van der Waals surface area contributed by atoms with Crippen molar-refractivity contribution in [1.82, 2.24) is 0 Å². The van der Waals surface area contributed by atoms with E-state index in [-0.39, 0.29) is 0 Å². The number of rotatable bonds is 3. The van der Waals surface area contributed by atoms with Crippen molar-refractivity contribution >= 4 is 19.2 Å². The summed E-state index contributed by atoms with van der Waals surface area (Å²) in [7, 11) is 1.93. The Morgan fingerprint density at radius 1 is 1.50 bits per heavy atom. The molecule has 1 N–H and O–H groups in total. The van der Waals surface area contributed by atoms with Crippen LogP contribution in [0.1, 0.15) is 11.1 Å². The monoisotopic (exact) mass is 158 g/mol. The van der Waals surface area contributed by atoms with Gasteiger partial charge in [0.25, 0.3) is 0 Å². The number of nitrogens with one attached hydrogen (secondary N) is 1. The van der Waals surface area contributed by atoms with Crippen LogP contribution in [0.4, 0.5) is 5.69 Å². The first-order valence-corrected chi connectivity index (χ1v) is 4.06. The fourth-order valence-corrected chi connectivity index (χ4v) is 1.19. The number of hydrogen-bond acceptors (Lipinski definition) is 1. The van der Waals surface area contributed by atoms with Crippen molar-refractivity contribution in [2.75, 3.05) is 5.23 Å². The molecule has 0 heterocycles. The summed E-state index contributed by atoms with van der Waals surface area (Å²) in [6.07, 6.45) is 1.87. The third-order valence-corrected chi connectivity index (χ3v) is 1.90. The zero-order valence-electron chi connectivity index (χ0n) is 7.59. The predicted molar refractivity (Wildman–Crippen MR) is 56.5 cm³/mol. The average Bonchev–Trinajstić information content (AvgIpc) is 2.09. The first kappa shape index (κ1) is 8.92. The van der Waals surface area contributed by atoms with Crippen molar-refractivity contribution in [2.24, 2.45) is 0 Å². The van der Waals surface area contributed by atoms with Gasteiger partial charge in [-0.25, -0.2) is 0 Å². The van der Waals surface area contributed by atoms with Gasteiger partial charge in [0, 0.05) is 5.69 Å². The van der Waals surface area contributed by atoms with Crippen LogP contribution in [0.15, 0.2) is 24.8 Å². The van der Waals surface area contributed by atoms with Crippen molar-refractivity contribution in [3.05, 3.63) is 35.9 Å². The molecule has 1 nitrogen and oxygen atoms in total. The molecule has 0 fully saturated rings. The lowest BCUT2D eigenvalue weighted by Gasteiger charge is -2.08. The number of anilines is 1. The van der Waals surface area contributed by atoms with Crippen LogP contribution in [0.25, 0.3) is 6.08 Å². The predicted octanol–water partition coefficient (Wildman–Crippen LogP) is 2.72. The summed E-state index contributed by atoms with van der Waals surface area (Å²) in [5.74, 6) is 0. The summed E-state index contributed by atoms with van der Waals surface area (Å²) in [4.78, 5) is 0. The fraction of sp³-hybridized carbons (Fsp3) is 0.200.